The molecule has 0 aliphatic rings. The number of hydrogen-bond acceptors (Lipinski definition) is 10. The van der Waals surface area contributed by atoms with E-state index in [4.69, 9.17) is 5.26 Å². The second kappa shape index (κ2) is 12.0. The fourth-order valence-electron chi connectivity index (χ4n) is 3.01. The minimum atomic E-state index is -0.507. The Morgan fingerprint density at radius 2 is 1.80 bits per heavy atom. The number of aromatic nitrogens is 3. The molecule has 0 fully saturated rings. The minimum Gasteiger partial charge on any atom is -0.368 e. The van der Waals surface area contributed by atoms with Gasteiger partial charge in [-0.2, -0.15) is 5.26 Å². The first-order valence-corrected chi connectivity index (χ1v) is 10.8. The number of benzene rings is 1. The van der Waals surface area contributed by atoms with Crippen molar-refractivity contribution >= 4 is 23.4 Å². The van der Waals surface area contributed by atoms with Crippen molar-refractivity contribution in [2.24, 2.45) is 0 Å². The molecule has 0 saturated heterocycles. The lowest BCUT2D eigenvalue weighted by atomic mass is 10.0. The maximum absolute atomic E-state index is 12.8. The van der Waals surface area contributed by atoms with Crippen LogP contribution in [-0.4, -0.2) is 71.0 Å². The third-order valence-electron chi connectivity index (χ3n) is 4.84. The Bertz CT molecular complexity index is 1210. The number of nitro groups is 1. The van der Waals surface area contributed by atoms with Gasteiger partial charge in [0.1, 0.15) is 12.0 Å². The molecule has 12 heteroatoms. The number of hydrogen-bond donors (Lipinski definition) is 3. The molecular formula is C23H25N9O3. The van der Waals surface area contributed by atoms with Crippen LogP contribution in [0.5, 0.6) is 0 Å². The van der Waals surface area contributed by atoms with Gasteiger partial charge in [-0.25, -0.2) is 15.0 Å². The molecule has 0 aliphatic heterocycles. The molecule has 0 bridgehead atoms. The molecule has 0 radical (unpaired) electrons. The van der Waals surface area contributed by atoms with E-state index < -0.39 is 4.92 Å². The van der Waals surface area contributed by atoms with Crippen molar-refractivity contribution in [3.63, 3.8) is 0 Å². The number of pyridine rings is 1. The molecule has 3 N–H and O–H groups in total. The van der Waals surface area contributed by atoms with Crippen molar-refractivity contribution in [1.29, 1.82) is 5.26 Å². The second-order valence-electron chi connectivity index (χ2n) is 7.72. The van der Waals surface area contributed by atoms with Gasteiger partial charge in [0.2, 0.25) is 5.95 Å². The number of carbonyl (C=O) groups is 1. The lowest BCUT2D eigenvalue weighted by molar-refractivity contribution is -0.385. The molecule has 0 unspecified atom stereocenters. The van der Waals surface area contributed by atoms with E-state index >= 15 is 0 Å². The van der Waals surface area contributed by atoms with E-state index in [0.29, 0.717) is 60.3 Å². The number of carbonyl (C=O) groups excluding carboxylic acids is 1. The summed E-state index contributed by atoms with van der Waals surface area (Å²) in [6.07, 6.45) is 2.66. The Morgan fingerprint density at radius 3 is 2.43 bits per heavy atom. The normalized spacial score (nSPS) is 10.5. The van der Waals surface area contributed by atoms with Crippen molar-refractivity contribution in [2.75, 3.05) is 50.9 Å². The average Bonchev–Trinajstić information content (AvgIpc) is 2.86. The van der Waals surface area contributed by atoms with Gasteiger partial charge in [0.05, 0.1) is 27.8 Å². The number of nitriles is 1. The van der Waals surface area contributed by atoms with E-state index in [-0.39, 0.29) is 11.6 Å². The largest absolute Gasteiger partial charge is 0.368 e. The van der Waals surface area contributed by atoms with Gasteiger partial charge >= 0.3 is 0 Å². The van der Waals surface area contributed by atoms with E-state index in [1.54, 1.807) is 24.3 Å². The summed E-state index contributed by atoms with van der Waals surface area (Å²) < 4.78 is 0. The van der Waals surface area contributed by atoms with Crippen LogP contribution in [0.25, 0.3) is 11.3 Å². The van der Waals surface area contributed by atoms with Crippen LogP contribution in [0.2, 0.25) is 0 Å². The molecular weight excluding hydrogens is 450 g/mol. The number of rotatable bonds is 11. The first-order valence-electron chi connectivity index (χ1n) is 10.8. The highest BCUT2D eigenvalue weighted by atomic mass is 16.6. The SMILES string of the molecule is CN(C)CCNC(=O)c1cnc(NCCNc2ccc([N+](=O)[O-])cn2)nc1-c1ccc(C#N)cc1. The predicted octanol–water partition coefficient (Wildman–Crippen LogP) is 2.13. The van der Waals surface area contributed by atoms with Crippen molar-refractivity contribution in [3.8, 4) is 17.3 Å². The van der Waals surface area contributed by atoms with Gasteiger partial charge in [0, 0.05) is 44.0 Å². The summed E-state index contributed by atoms with van der Waals surface area (Å²) in [5.41, 5.74) is 1.87. The van der Waals surface area contributed by atoms with Crippen LogP contribution >= 0.6 is 0 Å². The number of likely N-dealkylation sites (N-methyl/N-ethyl adjacent to an activating group) is 1. The van der Waals surface area contributed by atoms with Crippen molar-refractivity contribution in [2.45, 2.75) is 0 Å². The molecule has 0 saturated carbocycles. The van der Waals surface area contributed by atoms with Crippen LogP contribution in [0.3, 0.4) is 0 Å². The lowest BCUT2D eigenvalue weighted by Gasteiger charge is -2.14. The average molecular weight is 476 g/mol. The third kappa shape index (κ3) is 7.18. The topological polar surface area (TPSA) is 162 Å². The molecule has 0 atom stereocenters. The fraction of sp³-hybridized carbons (Fsp3) is 0.261. The van der Waals surface area contributed by atoms with E-state index in [0.717, 1.165) is 0 Å². The molecule has 3 aromatic rings. The van der Waals surface area contributed by atoms with Gasteiger partial charge in [-0.05, 0) is 32.3 Å². The number of anilines is 2. The van der Waals surface area contributed by atoms with E-state index in [9.17, 15) is 14.9 Å². The van der Waals surface area contributed by atoms with Crippen LogP contribution in [0, 0.1) is 21.4 Å². The van der Waals surface area contributed by atoms with Gasteiger partial charge in [-0.15, -0.1) is 0 Å². The summed E-state index contributed by atoms with van der Waals surface area (Å²) >= 11 is 0. The highest BCUT2D eigenvalue weighted by molar-refractivity contribution is 5.99. The first kappa shape index (κ1) is 25.0. The molecule has 2 heterocycles. The minimum absolute atomic E-state index is 0.0803. The second-order valence-corrected chi connectivity index (χ2v) is 7.72. The summed E-state index contributed by atoms with van der Waals surface area (Å²) in [4.78, 5) is 37.8. The van der Waals surface area contributed by atoms with Crippen LogP contribution in [0.15, 0.2) is 48.8 Å². The van der Waals surface area contributed by atoms with E-state index in [1.165, 1.54) is 24.5 Å². The Kier molecular flexibility index (Phi) is 8.58. The van der Waals surface area contributed by atoms with Crippen LogP contribution in [-0.2, 0) is 0 Å². The molecule has 180 valence electrons. The van der Waals surface area contributed by atoms with Crippen molar-refractivity contribution in [3.05, 3.63) is 70.0 Å². The summed E-state index contributed by atoms with van der Waals surface area (Å²) in [6.45, 7) is 2.04. The zero-order valence-electron chi connectivity index (χ0n) is 19.4. The maximum atomic E-state index is 12.8. The Balaban J connectivity index is 1.70. The van der Waals surface area contributed by atoms with Gasteiger partial charge in [-0.3, -0.25) is 14.9 Å². The van der Waals surface area contributed by atoms with Gasteiger partial charge < -0.3 is 20.9 Å². The molecule has 0 aliphatic carbocycles. The molecule has 1 amide bonds. The summed E-state index contributed by atoms with van der Waals surface area (Å²) in [5.74, 6) is 0.540. The molecule has 1 aromatic carbocycles. The number of amides is 1. The Hall–Kier alpha value is -4.63. The highest BCUT2D eigenvalue weighted by Gasteiger charge is 2.16. The quantitative estimate of drug-likeness (QED) is 0.213. The van der Waals surface area contributed by atoms with Gasteiger partial charge in [0.15, 0.2) is 0 Å². The summed E-state index contributed by atoms with van der Waals surface area (Å²) in [7, 11) is 3.84. The molecule has 35 heavy (non-hydrogen) atoms. The summed E-state index contributed by atoms with van der Waals surface area (Å²) in [5, 5.41) is 28.8. The van der Waals surface area contributed by atoms with Crippen molar-refractivity contribution in [1.82, 2.24) is 25.2 Å². The first-order chi connectivity index (χ1) is 16.9. The number of nitrogens with one attached hydrogen (secondary N) is 3. The standard InChI is InChI=1S/C23H25N9O3/c1-31(2)12-11-26-22(33)19-15-29-23(30-21(19)17-5-3-16(13-24)4-6-17)27-10-9-25-20-8-7-18(14-28-20)32(34)35/h3-8,14-15H,9-12H2,1-2H3,(H,25,28)(H,26,33)(H,27,29,30). The van der Waals surface area contributed by atoms with Crippen LogP contribution in [0.1, 0.15) is 15.9 Å². The lowest BCUT2D eigenvalue weighted by Crippen LogP contribution is -2.32. The van der Waals surface area contributed by atoms with Crippen LogP contribution in [0.4, 0.5) is 17.5 Å². The van der Waals surface area contributed by atoms with Gasteiger partial charge in [0.25, 0.3) is 11.6 Å². The molecule has 0 spiro atoms. The van der Waals surface area contributed by atoms with Gasteiger partial charge in [-0.1, -0.05) is 12.1 Å². The molecule has 12 nitrogen and oxygen atoms in total. The monoisotopic (exact) mass is 475 g/mol. The zero-order valence-corrected chi connectivity index (χ0v) is 19.4. The highest BCUT2D eigenvalue weighted by Crippen LogP contribution is 2.23. The Labute approximate surface area is 202 Å². The maximum Gasteiger partial charge on any atom is 0.287 e. The number of nitrogens with zero attached hydrogens (tertiary/aromatic N) is 6. The molecule has 3 rings (SSSR count). The predicted molar refractivity (Wildman–Crippen MR) is 131 cm³/mol. The van der Waals surface area contributed by atoms with E-state index in [2.05, 4.69) is 37.0 Å². The summed E-state index contributed by atoms with van der Waals surface area (Å²) in [6, 6.07) is 11.8. The van der Waals surface area contributed by atoms with Crippen LogP contribution < -0.4 is 16.0 Å². The third-order valence-corrected chi connectivity index (χ3v) is 4.84. The smallest absolute Gasteiger partial charge is 0.287 e. The van der Waals surface area contributed by atoms with E-state index in [1.807, 2.05) is 19.0 Å². The zero-order chi connectivity index (χ0) is 25.2. The molecule has 2 aromatic heterocycles. The fourth-order valence-corrected chi connectivity index (χ4v) is 3.01. The Morgan fingerprint density at radius 1 is 1.06 bits per heavy atom. The van der Waals surface area contributed by atoms with Crippen molar-refractivity contribution < 1.29 is 9.72 Å².